The van der Waals surface area contributed by atoms with Crippen LogP contribution in [-0.2, 0) is 16.1 Å². The SMILES string of the molecule is CCOC(=O)c1cc(-c2ccccc2)sc1NC(=O)Cn1c(C)nc(C)cc1=O. The van der Waals surface area contributed by atoms with Crippen molar-refractivity contribution < 1.29 is 14.3 Å². The summed E-state index contributed by atoms with van der Waals surface area (Å²) in [5, 5.41) is 3.14. The smallest absolute Gasteiger partial charge is 0.341 e. The number of hydrogen-bond donors (Lipinski definition) is 1. The zero-order chi connectivity index (χ0) is 21.0. The molecule has 8 heteroatoms. The van der Waals surface area contributed by atoms with Crippen LogP contribution in [0, 0.1) is 13.8 Å². The normalized spacial score (nSPS) is 10.6. The van der Waals surface area contributed by atoms with E-state index in [4.69, 9.17) is 4.74 Å². The molecule has 2 heterocycles. The van der Waals surface area contributed by atoms with Gasteiger partial charge >= 0.3 is 5.97 Å². The van der Waals surface area contributed by atoms with Gasteiger partial charge in [-0.3, -0.25) is 14.2 Å². The highest BCUT2D eigenvalue weighted by Crippen LogP contribution is 2.35. The largest absolute Gasteiger partial charge is 0.462 e. The van der Waals surface area contributed by atoms with Gasteiger partial charge in [-0.05, 0) is 32.4 Å². The lowest BCUT2D eigenvalue weighted by Crippen LogP contribution is -2.30. The summed E-state index contributed by atoms with van der Waals surface area (Å²) in [5.74, 6) is -0.480. The molecule has 0 bridgehead atoms. The van der Waals surface area contributed by atoms with E-state index in [-0.39, 0.29) is 24.3 Å². The third-order valence-electron chi connectivity index (χ3n) is 4.17. The number of anilines is 1. The van der Waals surface area contributed by atoms with Crippen molar-refractivity contribution in [2.24, 2.45) is 0 Å². The number of hydrogen-bond acceptors (Lipinski definition) is 6. The van der Waals surface area contributed by atoms with Crippen molar-refractivity contribution in [2.45, 2.75) is 27.3 Å². The molecule has 0 spiro atoms. The third-order valence-corrected chi connectivity index (χ3v) is 5.27. The maximum atomic E-state index is 12.6. The molecule has 1 aromatic carbocycles. The number of ether oxygens (including phenoxy) is 1. The van der Waals surface area contributed by atoms with Crippen molar-refractivity contribution in [3.8, 4) is 10.4 Å². The highest BCUT2D eigenvalue weighted by molar-refractivity contribution is 7.20. The number of nitrogens with zero attached hydrogens (tertiary/aromatic N) is 2. The van der Waals surface area contributed by atoms with Crippen LogP contribution >= 0.6 is 11.3 Å². The van der Waals surface area contributed by atoms with E-state index in [9.17, 15) is 14.4 Å². The first kappa shape index (κ1) is 20.5. The van der Waals surface area contributed by atoms with Crippen molar-refractivity contribution in [1.82, 2.24) is 9.55 Å². The molecule has 0 fully saturated rings. The van der Waals surface area contributed by atoms with Gasteiger partial charge in [0.1, 0.15) is 17.4 Å². The molecule has 1 amide bonds. The van der Waals surface area contributed by atoms with E-state index >= 15 is 0 Å². The Morgan fingerprint density at radius 1 is 1.17 bits per heavy atom. The Morgan fingerprint density at radius 3 is 2.55 bits per heavy atom. The number of carbonyl (C=O) groups excluding carboxylic acids is 2. The molecule has 0 aliphatic rings. The first-order chi connectivity index (χ1) is 13.9. The Kier molecular flexibility index (Phi) is 6.23. The van der Waals surface area contributed by atoms with Crippen LogP contribution in [0.5, 0.6) is 0 Å². The average molecular weight is 411 g/mol. The molecule has 7 nitrogen and oxygen atoms in total. The van der Waals surface area contributed by atoms with Crippen LogP contribution < -0.4 is 10.9 Å². The van der Waals surface area contributed by atoms with Crippen LogP contribution in [-0.4, -0.2) is 28.0 Å². The average Bonchev–Trinajstić information content (AvgIpc) is 3.09. The molecule has 3 aromatic rings. The number of thiophene rings is 1. The van der Waals surface area contributed by atoms with Crippen molar-refractivity contribution in [1.29, 1.82) is 0 Å². The molecule has 0 atom stereocenters. The van der Waals surface area contributed by atoms with E-state index in [0.717, 1.165) is 10.4 Å². The van der Waals surface area contributed by atoms with Crippen LogP contribution in [0.1, 0.15) is 28.8 Å². The predicted molar refractivity (Wildman–Crippen MR) is 112 cm³/mol. The van der Waals surface area contributed by atoms with Gasteiger partial charge in [-0.15, -0.1) is 11.3 Å². The Hall–Kier alpha value is -3.26. The monoisotopic (exact) mass is 411 g/mol. The van der Waals surface area contributed by atoms with Crippen LogP contribution in [0.4, 0.5) is 5.00 Å². The number of esters is 1. The number of amides is 1. The molecule has 150 valence electrons. The van der Waals surface area contributed by atoms with Crippen LogP contribution in [0.25, 0.3) is 10.4 Å². The summed E-state index contributed by atoms with van der Waals surface area (Å²) in [6, 6.07) is 12.6. The second-order valence-corrected chi connectivity index (χ2v) is 7.41. The van der Waals surface area contributed by atoms with E-state index in [1.165, 1.54) is 22.0 Å². The van der Waals surface area contributed by atoms with Gasteiger partial charge in [-0.1, -0.05) is 30.3 Å². The van der Waals surface area contributed by atoms with Crippen LogP contribution in [0.15, 0.2) is 47.3 Å². The number of benzene rings is 1. The number of aryl methyl sites for hydroxylation is 2. The minimum atomic E-state index is -0.508. The zero-order valence-electron chi connectivity index (χ0n) is 16.4. The highest BCUT2D eigenvalue weighted by atomic mass is 32.1. The van der Waals surface area contributed by atoms with Gasteiger partial charge in [0.05, 0.1) is 12.2 Å². The summed E-state index contributed by atoms with van der Waals surface area (Å²) < 4.78 is 6.41. The molecule has 0 saturated heterocycles. The molecular weight excluding hydrogens is 390 g/mol. The molecule has 0 saturated carbocycles. The fourth-order valence-corrected chi connectivity index (χ4v) is 3.92. The highest BCUT2D eigenvalue weighted by Gasteiger charge is 2.20. The fraction of sp³-hybridized carbons (Fsp3) is 0.238. The van der Waals surface area contributed by atoms with Gasteiger partial charge in [-0.25, -0.2) is 9.78 Å². The lowest BCUT2D eigenvalue weighted by Gasteiger charge is -2.10. The molecule has 0 unspecified atom stereocenters. The molecule has 2 aromatic heterocycles. The zero-order valence-corrected chi connectivity index (χ0v) is 17.2. The Bertz CT molecular complexity index is 1100. The summed E-state index contributed by atoms with van der Waals surface area (Å²) in [6.07, 6.45) is 0. The van der Waals surface area contributed by atoms with Gasteiger partial charge in [0.25, 0.3) is 5.56 Å². The third kappa shape index (κ3) is 4.78. The first-order valence-electron chi connectivity index (χ1n) is 9.10. The molecule has 1 N–H and O–H groups in total. The van der Waals surface area contributed by atoms with Gasteiger partial charge in [0.2, 0.25) is 5.91 Å². The summed E-state index contributed by atoms with van der Waals surface area (Å²) >= 11 is 1.28. The van der Waals surface area contributed by atoms with Crippen molar-refractivity contribution in [3.63, 3.8) is 0 Å². The number of nitrogens with one attached hydrogen (secondary N) is 1. The Labute approximate surface area is 172 Å². The summed E-state index contributed by atoms with van der Waals surface area (Å²) in [6.45, 7) is 5.15. The van der Waals surface area contributed by atoms with E-state index in [0.29, 0.717) is 16.5 Å². The van der Waals surface area contributed by atoms with E-state index in [1.807, 2.05) is 30.3 Å². The van der Waals surface area contributed by atoms with Crippen molar-refractivity contribution >= 4 is 28.2 Å². The van der Waals surface area contributed by atoms with E-state index < -0.39 is 11.9 Å². The fourth-order valence-electron chi connectivity index (χ4n) is 2.86. The van der Waals surface area contributed by atoms with Crippen LogP contribution in [0.2, 0.25) is 0 Å². The lowest BCUT2D eigenvalue weighted by molar-refractivity contribution is -0.116. The molecule has 0 aliphatic heterocycles. The van der Waals surface area contributed by atoms with Gasteiger partial charge < -0.3 is 10.1 Å². The minimum absolute atomic E-state index is 0.196. The predicted octanol–water partition coefficient (Wildman–Crippen LogP) is 3.40. The number of aromatic nitrogens is 2. The van der Waals surface area contributed by atoms with Crippen molar-refractivity contribution in [2.75, 3.05) is 11.9 Å². The lowest BCUT2D eigenvalue weighted by atomic mass is 10.1. The van der Waals surface area contributed by atoms with Gasteiger partial charge in [0, 0.05) is 16.6 Å². The molecule has 29 heavy (non-hydrogen) atoms. The van der Waals surface area contributed by atoms with Crippen molar-refractivity contribution in [3.05, 3.63) is 69.9 Å². The summed E-state index contributed by atoms with van der Waals surface area (Å²) in [4.78, 5) is 42.2. The Balaban J connectivity index is 1.89. The summed E-state index contributed by atoms with van der Waals surface area (Å²) in [7, 11) is 0. The van der Waals surface area contributed by atoms with Gasteiger partial charge in [-0.2, -0.15) is 0 Å². The molecule has 0 aliphatic carbocycles. The second kappa shape index (κ2) is 8.83. The quantitative estimate of drug-likeness (QED) is 0.628. The second-order valence-electron chi connectivity index (χ2n) is 6.36. The number of carbonyl (C=O) groups is 2. The minimum Gasteiger partial charge on any atom is -0.462 e. The topological polar surface area (TPSA) is 90.3 Å². The maximum absolute atomic E-state index is 12.6. The van der Waals surface area contributed by atoms with E-state index in [2.05, 4.69) is 10.3 Å². The first-order valence-corrected chi connectivity index (χ1v) is 9.92. The summed E-state index contributed by atoms with van der Waals surface area (Å²) in [5.41, 5.74) is 1.51. The maximum Gasteiger partial charge on any atom is 0.341 e. The molecule has 0 radical (unpaired) electrons. The van der Waals surface area contributed by atoms with E-state index in [1.54, 1.807) is 26.8 Å². The van der Waals surface area contributed by atoms with Gasteiger partial charge in [0.15, 0.2) is 0 Å². The standard InChI is InChI=1S/C21H21N3O4S/c1-4-28-21(27)16-11-17(15-8-6-5-7-9-15)29-20(16)23-18(25)12-24-14(3)22-13(2)10-19(24)26/h5-11H,4,12H2,1-3H3,(H,23,25). The Morgan fingerprint density at radius 2 is 1.90 bits per heavy atom. The molecular formula is C21H21N3O4S. The molecule has 3 rings (SSSR count). The van der Waals surface area contributed by atoms with Crippen LogP contribution in [0.3, 0.4) is 0 Å². The number of rotatable bonds is 6.